The Morgan fingerprint density at radius 2 is 1.78 bits per heavy atom. The molecule has 184 valence electrons. The van der Waals surface area contributed by atoms with E-state index in [2.05, 4.69) is 15.4 Å². The van der Waals surface area contributed by atoms with Crippen LogP contribution >= 0.6 is 0 Å². The Morgan fingerprint density at radius 3 is 2.39 bits per heavy atom. The molecule has 9 nitrogen and oxygen atoms in total. The molecule has 36 heavy (non-hydrogen) atoms. The maximum atomic E-state index is 13.2. The second kappa shape index (κ2) is 9.86. The molecule has 4 rings (SSSR count). The summed E-state index contributed by atoms with van der Waals surface area (Å²) in [6.45, 7) is 1.99. The van der Waals surface area contributed by atoms with Gasteiger partial charge in [-0.25, -0.2) is 4.68 Å². The number of alkyl halides is 3. The van der Waals surface area contributed by atoms with Crippen molar-refractivity contribution in [2.75, 3.05) is 11.9 Å². The summed E-state index contributed by atoms with van der Waals surface area (Å²) in [7, 11) is 0. The van der Waals surface area contributed by atoms with Crippen LogP contribution in [0.3, 0.4) is 0 Å². The molecule has 0 saturated carbocycles. The highest BCUT2D eigenvalue weighted by atomic mass is 19.4. The molecule has 3 aromatic carbocycles. The van der Waals surface area contributed by atoms with E-state index in [4.69, 9.17) is 4.74 Å². The second-order valence-corrected chi connectivity index (χ2v) is 7.45. The Morgan fingerprint density at radius 1 is 1.08 bits per heavy atom. The van der Waals surface area contributed by atoms with Crippen LogP contribution in [0.1, 0.15) is 22.8 Å². The van der Waals surface area contributed by atoms with E-state index in [1.165, 1.54) is 41.1 Å². The predicted molar refractivity (Wildman–Crippen MR) is 124 cm³/mol. The molecule has 12 heteroatoms. The summed E-state index contributed by atoms with van der Waals surface area (Å²) < 4.78 is 46.4. The lowest BCUT2D eigenvalue weighted by Gasteiger charge is -2.10. The topological polar surface area (TPSA) is 112 Å². The van der Waals surface area contributed by atoms with Gasteiger partial charge in [0, 0.05) is 28.9 Å². The number of hydrogen-bond acceptors (Lipinski definition) is 6. The number of carbonyl (C=O) groups excluding carboxylic acids is 1. The zero-order chi connectivity index (χ0) is 25.9. The van der Waals surface area contributed by atoms with Gasteiger partial charge in [-0.2, -0.15) is 18.2 Å². The van der Waals surface area contributed by atoms with Crippen LogP contribution in [0.5, 0.6) is 6.01 Å². The van der Waals surface area contributed by atoms with Gasteiger partial charge >= 0.3 is 12.2 Å². The van der Waals surface area contributed by atoms with E-state index in [0.29, 0.717) is 11.4 Å². The molecular formula is C24H18F3N5O4. The van der Waals surface area contributed by atoms with Gasteiger partial charge in [-0.3, -0.25) is 14.9 Å². The number of ether oxygens (including phenoxy) is 1. The molecule has 4 aromatic rings. The molecule has 0 unspecified atom stereocenters. The summed E-state index contributed by atoms with van der Waals surface area (Å²) in [4.78, 5) is 26.9. The highest BCUT2D eigenvalue weighted by Crippen LogP contribution is 2.33. The monoisotopic (exact) mass is 497 g/mol. The average Bonchev–Trinajstić information content (AvgIpc) is 3.28. The van der Waals surface area contributed by atoms with Crippen LogP contribution in [0.4, 0.5) is 24.5 Å². The number of aromatic nitrogens is 3. The van der Waals surface area contributed by atoms with Gasteiger partial charge in [0.2, 0.25) is 0 Å². The Hall–Kier alpha value is -4.74. The van der Waals surface area contributed by atoms with Gasteiger partial charge in [0.25, 0.3) is 11.6 Å². The molecule has 1 aromatic heterocycles. The van der Waals surface area contributed by atoms with Crippen molar-refractivity contribution < 1.29 is 27.6 Å². The van der Waals surface area contributed by atoms with E-state index in [1.54, 1.807) is 31.2 Å². The smallest absolute Gasteiger partial charge is 0.416 e. The number of carbonyl (C=O) groups is 1. The highest BCUT2D eigenvalue weighted by Gasteiger charge is 2.31. The third kappa shape index (κ3) is 5.32. The first-order chi connectivity index (χ1) is 17.2. The maximum Gasteiger partial charge on any atom is 0.416 e. The number of nitro benzene ring substituents is 1. The number of hydrogen-bond donors (Lipinski definition) is 1. The average molecular weight is 497 g/mol. The lowest BCUT2D eigenvalue weighted by atomic mass is 10.1. The number of anilines is 1. The third-order valence-corrected chi connectivity index (χ3v) is 5.02. The van der Waals surface area contributed by atoms with E-state index >= 15 is 0 Å². The number of nitro groups is 1. The Kier molecular flexibility index (Phi) is 6.68. The van der Waals surface area contributed by atoms with Crippen molar-refractivity contribution in [3.05, 3.63) is 94.0 Å². The Bertz CT molecular complexity index is 1400. The van der Waals surface area contributed by atoms with E-state index in [-0.39, 0.29) is 35.3 Å². The van der Waals surface area contributed by atoms with E-state index in [1.807, 2.05) is 0 Å². The van der Waals surface area contributed by atoms with Crippen molar-refractivity contribution in [2.45, 2.75) is 13.1 Å². The van der Waals surface area contributed by atoms with E-state index < -0.39 is 22.6 Å². The van der Waals surface area contributed by atoms with Crippen molar-refractivity contribution in [3.8, 4) is 23.1 Å². The predicted octanol–water partition coefficient (Wildman–Crippen LogP) is 5.51. The molecule has 1 heterocycles. The number of rotatable bonds is 7. The minimum Gasteiger partial charge on any atom is -0.463 e. The van der Waals surface area contributed by atoms with Crippen LogP contribution in [-0.2, 0) is 6.18 Å². The normalized spacial score (nSPS) is 11.2. The van der Waals surface area contributed by atoms with E-state index in [9.17, 15) is 28.1 Å². The maximum absolute atomic E-state index is 13.2. The van der Waals surface area contributed by atoms with Gasteiger partial charge in [0.15, 0.2) is 5.82 Å². The zero-order valence-electron chi connectivity index (χ0n) is 18.7. The fraction of sp³-hybridized carbons (Fsp3) is 0.125. The van der Waals surface area contributed by atoms with Gasteiger partial charge in [0.05, 0.1) is 22.8 Å². The van der Waals surface area contributed by atoms with Gasteiger partial charge in [-0.05, 0) is 55.5 Å². The van der Waals surface area contributed by atoms with Crippen molar-refractivity contribution in [2.24, 2.45) is 0 Å². The van der Waals surface area contributed by atoms with Gasteiger partial charge < -0.3 is 10.1 Å². The largest absolute Gasteiger partial charge is 0.463 e. The summed E-state index contributed by atoms with van der Waals surface area (Å²) in [5.41, 5.74) is 0.360. The summed E-state index contributed by atoms with van der Waals surface area (Å²) in [5.74, 6) is -0.325. The van der Waals surface area contributed by atoms with Crippen LogP contribution < -0.4 is 10.1 Å². The Labute approximate surface area is 202 Å². The fourth-order valence-electron chi connectivity index (χ4n) is 3.31. The summed E-state index contributed by atoms with van der Waals surface area (Å²) in [6.07, 6.45) is -4.52. The minimum atomic E-state index is -4.52. The molecule has 0 aliphatic heterocycles. The number of benzene rings is 3. The van der Waals surface area contributed by atoms with Crippen molar-refractivity contribution in [1.82, 2.24) is 14.8 Å². The summed E-state index contributed by atoms with van der Waals surface area (Å²) in [6, 6.07) is 16.2. The minimum absolute atomic E-state index is 0.000428. The molecule has 0 aliphatic rings. The number of non-ortho nitro benzene ring substituents is 1. The van der Waals surface area contributed by atoms with Crippen LogP contribution in [-0.4, -0.2) is 32.2 Å². The number of halogens is 3. The molecule has 0 atom stereocenters. The van der Waals surface area contributed by atoms with Crippen LogP contribution in [0.15, 0.2) is 72.8 Å². The molecule has 0 saturated heterocycles. The van der Waals surface area contributed by atoms with Gasteiger partial charge in [-0.15, -0.1) is 5.10 Å². The Balaban J connectivity index is 1.61. The standard InChI is InChI=1S/C24H18F3N5O4/c1-2-36-23-29-21(16-4-3-5-17(14-16)24(25,26)27)31(30-23)19-12-8-18(9-13-19)28-22(33)15-6-10-20(11-7-15)32(34)35/h3-14H,2H2,1H3,(H,28,33). The quantitative estimate of drug-likeness (QED) is 0.266. The number of nitrogens with one attached hydrogen (secondary N) is 1. The first-order valence-corrected chi connectivity index (χ1v) is 10.6. The molecular weight excluding hydrogens is 479 g/mol. The van der Waals surface area contributed by atoms with Crippen molar-refractivity contribution in [1.29, 1.82) is 0 Å². The lowest BCUT2D eigenvalue weighted by molar-refractivity contribution is -0.384. The van der Waals surface area contributed by atoms with Crippen LogP contribution in [0.25, 0.3) is 17.1 Å². The molecule has 1 amide bonds. The van der Waals surface area contributed by atoms with Gasteiger partial charge in [-0.1, -0.05) is 12.1 Å². The first-order valence-electron chi connectivity index (χ1n) is 10.6. The van der Waals surface area contributed by atoms with Crippen LogP contribution in [0, 0.1) is 10.1 Å². The highest BCUT2D eigenvalue weighted by molar-refractivity contribution is 6.04. The van der Waals surface area contributed by atoms with Crippen molar-refractivity contribution >= 4 is 17.3 Å². The van der Waals surface area contributed by atoms with E-state index in [0.717, 1.165) is 12.1 Å². The molecule has 0 aliphatic carbocycles. The molecule has 0 radical (unpaired) electrons. The van der Waals surface area contributed by atoms with Gasteiger partial charge in [0.1, 0.15) is 0 Å². The molecule has 1 N–H and O–H groups in total. The summed E-state index contributed by atoms with van der Waals surface area (Å²) >= 11 is 0. The van der Waals surface area contributed by atoms with Crippen LogP contribution in [0.2, 0.25) is 0 Å². The summed E-state index contributed by atoms with van der Waals surface area (Å²) in [5, 5.41) is 17.7. The number of nitrogens with zero attached hydrogens (tertiary/aromatic N) is 4. The molecule has 0 bridgehead atoms. The number of amides is 1. The third-order valence-electron chi connectivity index (χ3n) is 5.02. The SMILES string of the molecule is CCOc1nc(-c2cccc(C(F)(F)F)c2)n(-c2ccc(NC(=O)c3ccc([N+](=O)[O-])cc3)cc2)n1. The zero-order valence-corrected chi connectivity index (χ0v) is 18.7. The lowest BCUT2D eigenvalue weighted by Crippen LogP contribution is -2.12. The van der Waals surface area contributed by atoms with Crippen molar-refractivity contribution in [3.63, 3.8) is 0 Å². The first kappa shape index (κ1) is 24.4. The molecule has 0 spiro atoms. The molecule has 0 fully saturated rings. The fourth-order valence-corrected chi connectivity index (χ4v) is 3.31. The second-order valence-electron chi connectivity index (χ2n) is 7.45.